The van der Waals surface area contributed by atoms with Crippen LogP contribution in [0.2, 0.25) is 0 Å². The van der Waals surface area contributed by atoms with Crippen molar-refractivity contribution < 1.29 is 9.53 Å². The molecule has 0 atom stereocenters. The Morgan fingerprint density at radius 3 is 2.34 bits per heavy atom. The summed E-state index contributed by atoms with van der Waals surface area (Å²) in [7, 11) is 1.64. The summed E-state index contributed by atoms with van der Waals surface area (Å²) in [6, 6.07) is 17.2. The highest BCUT2D eigenvalue weighted by Crippen LogP contribution is 2.22. The number of hydrogen-bond donors (Lipinski definition) is 1. The Kier molecular flexibility index (Phi) is 7.36. The number of hydrogen-bond acceptors (Lipinski definition) is 7. The van der Waals surface area contributed by atoms with Crippen molar-refractivity contribution in [3.8, 4) is 5.75 Å². The second-order valence-corrected chi connectivity index (χ2v) is 8.55. The molecule has 0 radical (unpaired) electrons. The summed E-state index contributed by atoms with van der Waals surface area (Å²) in [5.74, 6) is 0.355. The number of nitrogens with zero attached hydrogens (tertiary/aromatic N) is 4. The summed E-state index contributed by atoms with van der Waals surface area (Å²) in [6.45, 7) is 4.92. The highest BCUT2D eigenvalue weighted by atomic mass is 16.5. The van der Waals surface area contributed by atoms with Gasteiger partial charge in [0.05, 0.1) is 20.2 Å². The quantitative estimate of drug-likeness (QED) is 0.493. The number of aromatic nitrogens is 2. The van der Waals surface area contributed by atoms with E-state index in [2.05, 4.69) is 4.90 Å². The number of nitrogens with two attached hydrogens (primary N) is 1. The highest BCUT2D eigenvalue weighted by molar-refractivity contribution is 6.01. The molecule has 0 bridgehead atoms. The van der Waals surface area contributed by atoms with Gasteiger partial charge in [-0.1, -0.05) is 36.4 Å². The van der Waals surface area contributed by atoms with Gasteiger partial charge in [0, 0.05) is 44.5 Å². The van der Waals surface area contributed by atoms with Crippen molar-refractivity contribution in [1.29, 1.82) is 0 Å². The van der Waals surface area contributed by atoms with E-state index < -0.39 is 11.2 Å². The minimum Gasteiger partial charge on any atom is -0.497 e. The molecule has 1 saturated heterocycles. The number of methoxy groups -OCH3 is 1. The minimum atomic E-state index is -0.626. The molecule has 2 heterocycles. The van der Waals surface area contributed by atoms with E-state index in [4.69, 9.17) is 10.5 Å². The van der Waals surface area contributed by atoms with Gasteiger partial charge in [-0.3, -0.25) is 23.6 Å². The van der Waals surface area contributed by atoms with Crippen LogP contribution in [0, 0.1) is 0 Å². The van der Waals surface area contributed by atoms with E-state index in [9.17, 15) is 14.4 Å². The zero-order chi connectivity index (χ0) is 24.9. The zero-order valence-electron chi connectivity index (χ0n) is 20.1. The van der Waals surface area contributed by atoms with Gasteiger partial charge in [0.1, 0.15) is 17.1 Å². The average molecular weight is 478 g/mol. The van der Waals surface area contributed by atoms with Crippen LogP contribution in [0.3, 0.4) is 0 Å². The van der Waals surface area contributed by atoms with Crippen LogP contribution in [0.5, 0.6) is 5.75 Å². The molecule has 0 unspecified atom stereocenters. The van der Waals surface area contributed by atoms with Crippen molar-refractivity contribution in [2.45, 2.75) is 20.0 Å². The second-order valence-electron chi connectivity index (χ2n) is 8.55. The molecule has 1 aliphatic rings. The third kappa shape index (κ3) is 5.14. The maximum atomic E-state index is 13.3. The summed E-state index contributed by atoms with van der Waals surface area (Å²) in [5, 5.41) is 0. The lowest BCUT2D eigenvalue weighted by Gasteiger charge is -2.35. The summed E-state index contributed by atoms with van der Waals surface area (Å²) < 4.78 is 7.71. The Labute approximate surface area is 204 Å². The number of nitrogen functional groups attached to an aromatic ring is 1. The Morgan fingerprint density at radius 2 is 1.69 bits per heavy atom. The van der Waals surface area contributed by atoms with Crippen LogP contribution in [-0.2, 0) is 13.1 Å². The number of anilines is 2. The van der Waals surface area contributed by atoms with E-state index in [0.29, 0.717) is 13.1 Å². The van der Waals surface area contributed by atoms with Crippen LogP contribution in [0.4, 0.5) is 11.5 Å². The molecule has 1 aromatic heterocycles. The first-order chi connectivity index (χ1) is 16.9. The van der Waals surface area contributed by atoms with E-state index in [1.807, 2.05) is 59.5 Å². The van der Waals surface area contributed by atoms with Crippen molar-refractivity contribution in [2.75, 3.05) is 50.5 Å². The maximum absolute atomic E-state index is 13.3. The molecule has 9 heteroatoms. The van der Waals surface area contributed by atoms with Crippen LogP contribution in [0.25, 0.3) is 0 Å². The number of carbonyl (C=O) groups is 1. The molecule has 4 rings (SSSR count). The van der Waals surface area contributed by atoms with Crippen molar-refractivity contribution in [3.05, 3.63) is 86.6 Å². The highest BCUT2D eigenvalue weighted by Gasteiger charge is 2.26. The molecule has 9 nitrogen and oxygen atoms in total. The van der Waals surface area contributed by atoms with Crippen LogP contribution in [0.15, 0.2) is 64.2 Å². The lowest BCUT2D eigenvalue weighted by molar-refractivity contribution is 0.0924. The van der Waals surface area contributed by atoms with Crippen molar-refractivity contribution >= 4 is 17.3 Å². The van der Waals surface area contributed by atoms with Gasteiger partial charge in [-0.25, -0.2) is 4.79 Å². The van der Waals surface area contributed by atoms with E-state index in [1.54, 1.807) is 14.0 Å². The van der Waals surface area contributed by atoms with Gasteiger partial charge in [-0.15, -0.1) is 0 Å². The molecule has 0 spiro atoms. The second kappa shape index (κ2) is 10.6. The van der Waals surface area contributed by atoms with Crippen molar-refractivity contribution in [2.24, 2.45) is 0 Å². The predicted molar refractivity (Wildman–Crippen MR) is 137 cm³/mol. The monoisotopic (exact) mass is 477 g/mol. The van der Waals surface area contributed by atoms with Gasteiger partial charge >= 0.3 is 5.69 Å². The molecule has 3 aromatic rings. The zero-order valence-corrected chi connectivity index (χ0v) is 20.1. The number of carbonyl (C=O) groups excluding carboxylic acids is 1. The van der Waals surface area contributed by atoms with Gasteiger partial charge < -0.3 is 15.4 Å². The fraction of sp³-hybridized carbons (Fsp3) is 0.346. The Hall–Kier alpha value is -3.85. The fourth-order valence-corrected chi connectivity index (χ4v) is 4.43. The molecular formula is C26H31N5O4. The van der Waals surface area contributed by atoms with Gasteiger partial charge in [-0.05, 0) is 24.6 Å². The molecule has 184 valence electrons. The van der Waals surface area contributed by atoms with Gasteiger partial charge in [0.15, 0.2) is 5.78 Å². The van der Waals surface area contributed by atoms with Crippen molar-refractivity contribution in [1.82, 2.24) is 14.0 Å². The molecule has 2 N–H and O–H groups in total. The van der Waals surface area contributed by atoms with Crippen LogP contribution >= 0.6 is 0 Å². The largest absolute Gasteiger partial charge is 0.497 e. The molecule has 0 aliphatic carbocycles. The summed E-state index contributed by atoms with van der Waals surface area (Å²) in [4.78, 5) is 43.5. The first-order valence-electron chi connectivity index (χ1n) is 11.7. The summed E-state index contributed by atoms with van der Waals surface area (Å²) in [5.41, 5.74) is 6.95. The van der Waals surface area contributed by atoms with Gasteiger partial charge in [-0.2, -0.15) is 0 Å². The molecule has 0 amide bonds. The average Bonchev–Trinajstić information content (AvgIpc) is 2.88. The molecule has 1 aliphatic heterocycles. The predicted octanol–water partition coefficient (Wildman–Crippen LogP) is 1.67. The lowest BCUT2D eigenvalue weighted by atomic mass is 10.1. The maximum Gasteiger partial charge on any atom is 0.332 e. The van der Waals surface area contributed by atoms with Crippen LogP contribution in [0.1, 0.15) is 22.8 Å². The summed E-state index contributed by atoms with van der Waals surface area (Å²) >= 11 is 0. The minimum absolute atomic E-state index is 0.0681. The molecule has 1 fully saturated rings. The fourth-order valence-electron chi connectivity index (χ4n) is 4.43. The van der Waals surface area contributed by atoms with Gasteiger partial charge in [0.25, 0.3) is 5.56 Å². The van der Waals surface area contributed by atoms with E-state index in [0.717, 1.165) is 34.7 Å². The Bertz CT molecular complexity index is 1310. The molecule has 2 aromatic carbocycles. The first-order valence-corrected chi connectivity index (χ1v) is 11.7. The van der Waals surface area contributed by atoms with Crippen LogP contribution in [-0.4, -0.2) is 59.7 Å². The smallest absolute Gasteiger partial charge is 0.332 e. The Morgan fingerprint density at radius 1 is 0.971 bits per heavy atom. The first kappa shape index (κ1) is 24.3. The number of benzene rings is 2. The van der Waals surface area contributed by atoms with E-state index in [-0.39, 0.29) is 36.8 Å². The van der Waals surface area contributed by atoms with Gasteiger partial charge in [0.2, 0.25) is 0 Å². The third-order valence-corrected chi connectivity index (χ3v) is 6.40. The molecular weight excluding hydrogens is 446 g/mol. The summed E-state index contributed by atoms with van der Waals surface area (Å²) in [6.07, 6.45) is 0. The van der Waals surface area contributed by atoms with E-state index >= 15 is 0 Å². The molecule has 0 saturated carbocycles. The standard InChI is InChI=1S/C26H31N5O4/c1-3-30-25(33)23(24(27)31(26(30)34)17-19-8-5-4-6-9-19)22(32)18-28-12-14-29(15-13-28)20-10-7-11-21(16-20)35-2/h4-11,16H,3,12-15,17-18,27H2,1-2H3. The Balaban J connectivity index is 1.53. The number of ether oxygens (including phenoxy) is 1. The third-order valence-electron chi connectivity index (χ3n) is 6.40. The number of Topliss-reactive ketones (excluding diaryl/α,β-unsaturated/α-hetero) is 1. The molecule has 35 heavy (non-hydrogen) atoms. The SMILES string of the molecule is CCn1c(=O)c(C(=O)CN2CCN(c3cccc(OC)c3)CC2)c(N)n(Cc2ccccc2)c1=O. The number of rotatable bonds is 8. The van der Waals surface area contributed by atoms with Crippen molar-refractivity contribution in [3.63, 3.8) is 0 Å². The van der Waals surface area contributed by atoms with E-state index in [1.165, 1.54) is 4.57 Å². The topological polar surface area (TPSA) is 103 Å². The number of ketones is 1. The van der Waals surface area contributed by atoms with Crippen LogP contribution < -0.4 is 26.6 Å². The number of piperazine rings is 1. The lowest BCUT2D eigenvalue weighted by Crippen LogP contribution is -2.49. The normalized spacial score (nSPS) is 14.2.